The van der Waals surface area contributed by atoms with Gasteiger partial charge in [-0.1, -0.05) is 39.6 Å². The zero-order chi connectivity index (χ0) is 12.0. The van der Waals surface area contributed by atoms with Crippen molar-refractivity contribution in [1.82, 2.24) is 0 Å². The van der Waals surface area contributed by atoms with Gasteiger partial charge >= 0.3 is 0 Å². The molecule has 2 unspecified atom stereocenters. The molecule has 2 atom stereocenters. The van der Waals surface area contributed by atoms with Crippen molar-refractivity contribution < 1.29 is 0 Å². The Bertz CT molecular complexity index is 363. The predicted molar refractivity (Wildman–Crippen MR) is 71.9 cm³/mol. The van der Waals surface area contributed by atoms with E-state index in [4.69, 9.17) is 13.0 Å². The molecule has 0 spiro atoms. The first kappa shape index (κ1) is 13.1. The lowest BCUT2D eigenvalue weighted by atomic mass is 9.83. The summed E-state index contributed by atoms with van der Waals surface area (Å²) in [6.45, 7) is 8.90. The van der Waals surface area contributed by atoms with Crippen molar-refractivity contribution in [3.8, 4) is 12.3 Å². The Morgan fingerprint density at radius 1 is 1.56 bits per heavy atom. The summed E-state index contributed by atoms with van der Waals surface area (Å²) in [7, 11) is 0. The number of rotatable bonds is 0. The lowest BCUT2D eigenvalue weighted by molar-refractivity contribution is 0.452. The van der Waals surface area contributed by atoms with Crippen LogP contribution in [0.15, 0.2) is 23.4 Å². The average Bonchev–Trinajstić information content (AvgIpc) is 2.67. The van der Waals surface area contributed by atoms with Crippen LogP contribution in [-0.2, 0) is 0 Å². The lowest BCUT2D eigenvalue weighted by Gasteiger charge is -2.22. The van der Waals surface area contributed by atoms with Gasteiger partial charge in [-0.25, -0.2) is 4.85 Å². The summed E-state index contributed by atoms with van der Waals surface area (Å²) in [5.74, 6) is 3.84. The molecule has 1 fully saturated rings. The average molecular weight is 278 g/mol. The van der Waals surface area contributed by atoms with Gasteiger partial charge in [-0.15, -0.1) is 6.42 Å². The van der Waals surface area contributed by atoms with Crippen LogP contribution in [0.2, 0.25) is 0 Å². The molecule has 16 heavy (non-hydrogen) atoms. The molecular formula is C14H16BrN. The minimum Gasteiger partial charge on any atom is -0.243 e. The molecule has 0 aromatic heterocycles. The second-order valence-electron chi connectivity index (χ2n) is 4.19. The summed E-state index contributed by atoms with van der Waals surface area (Å²) in [4.78, 5) is 3.51. The fourth-order valence-corrected chi connectivity index (χ4v) is 2.25. The van der Waals surface area contributed by atoms with Crippen molar-refractivity contribution in [2.75, 3.05) is 5.33 Å². The summed E-state index contributed by atoms with van der Waals surface area (Å²) in [5.41, 5.74) is 2.34. The van der Waals surface area contributed by atoms with E-state index in [0.717, 1.165) is 30.4 Å². The minimum absolute atomic E-state index is 0.660. The van der Waals surface area contributed by atoms with E-state index in [-0.39, 0.29) is 0 Å². The predicted octanol–water partition coefficient (Wildman–Crippen LogP) is 4.18. The highest BCUT2D eigenvalue weighted by molar-refractivity contribution is 9.09. The topological polar surface area (TPSA) is 4.36 Å². The zero-order valence-electron chi connectivity index (χ0n) is 9.54. The lowest BCUT2D eigenvalue weighted by Crippen LogP contribution is -2.09. The first-order valence-electron chi connectivity index (χ1n) is 5.45. The standard InChI is InChI=1S/C11H13N.C3H3Br/c1-8(12-2)11-6-9-3-4-10(5-9)7-11;1-2-3-4/h3-4,9-10H,5-7H2,1H3;1H,3H2. The van der Waals surface area contributed by atoms with Crippen LogP contribution < -0.4 is 0 Å². The maximum Gasteiger partial charge on any atom is 0.161 e. The van der Waals surface area contributed by atoms with Gasteiger partial charge in [0.25, 0.3) is 0 Å². The van der Waals surface area contributed by atoms with Crippen molar-refractivity contribution in [1.29, 1.82) is 0 Å². The number of hydrogen-bond donors (Lipinski definition) is 0. The van der Waals surface area contributed by atoms with E-state index in [1.54, 1.807) is 0 Å². The van der Waals surface area contributed by atoms with Crippen LogP contribution in [0.3, 0.4) is 0 Å². The van der Waals surface area contributed by atoms with Crippen LogP contribution in [0.25, 0.3) is 4.85 Å². The molecule has 1 saturated carbocycles. The Morgan fingerprint density at radius 2 is 2.06 bits per heavy atom. The quantitative estimate of drug-likeness (QED) is 0.271. The number of fused-ring (bicyclic) bond motifs is 2. The molecule has 2 aliphatic carbocycles. The molecular weight excluding hydrogens is 262 g/mol. The Hall–Kier alpha value is -0.990. The molecule has 2 rings (SSSR count). The molecule has 0 saturated heterocycles. The SMILES string of the molecule is C#CCBr.[C-]#[N+]C(C)=C1CC2C=CC(C1)C2. The largest absolute Gasteiger partial charge is 0.243 e. The fraction of sp³-hybridized carbons (Fsp3) is 0.500. The second kappa shape index (κ2) is 6.56. The van der Waals surface area contributed by atoms with Gasteiger partial charge in [0.15, 0.2) is 5.70 Å². The summed E-state index contributed by atoms with van der Waals surface area (Å²) < 4.78 is 0. The third-order valence-electron chi connectivity index (χ3n) is 3.03. The summed E-state index contributed by atoms with van der Waals surface area (Å²) in [6.07, 6.45) is 13.0. The summed E-state index contributed by atoms with van der Waals surface area (Å²) in [6, 6.07) is 0. The van der Waals surface area contributed by atoms with Gasteiger partial charge in [0.2, 0.25) is 0 Å². The van der Waals surface area contributed by atoms with E-state index >= 15 is 0 Å². The summed E-state index contributed by atoms with van der Waals surface area (Å²) >= 11 is 3.01. The van der Waals surface area contributed by atoms with E-state index < -0.39 is 0 Å². The number of allylic oxidation sites excluding steroid dienone is 4. The van der Waals surface area contributed by atoms with Gasteiger partial charge in [-0.05, 0) is 38.0 Å². The highest BCUT2D eigenvalue weighted by Crippen LogP contribution is 2.40. The van der Waals surface area contributed by atoms with Gasteiger partial charge in [0, 0.05) is 0 Å². The molecule has 2 bridgehead atoms. The van der Waals surface area contributed by atoms with E-state index in [1.807, 2.05) is 6.92 Å². The number of halogens is 1. The van der Waals surface area contributed by atoms with Crippen molar-refractivity contribution >= 4 is 15.9 Å². The van der Waals surface area contributed by atoms with Crippen LogP contribution in [0.1, 0.15) is 26.2 Å². The van der Waals surface area contributed by atoms with Crippen molar-refractivity contribution in [2.45, 2.75) is 26.2 Å². The molecule has 84 valence electrons. The number of nitrogens with zero attached hydrogens (tertiary/aromatic N) is 1. The maximum atomic E-state index is 6.94. The smallest absolute Gasteiger partial charge is 0.161 e. The molecule has 1 nitrogen and oxygen atoms in total. The number of hydrogen-bond acceptors (Lipinski definition) is 0. The van der Waals surface area contributed by atoms with Gasteiger partial charge in [0.1, 0.15) is 0 Å². The molecule has 2 heteroatoms. The van der Waals surface area contributed by atoms with Gasteiger partial charge in [-0.2, -0.15) is 0 Å². The van der Waals surface area contributed by atoms with E-state index in [1.165, 1.54) is 12.0 Å². The molecule has 0 aliphatic heterocycles. The molecule has 0 N–H and O–H groups in total. The van der Waals surface area contributed by atoms with Crippen LogP contribution in [0, 0.1) is 30.8 Å². The van der Waals surface area contributed by atoms with Crippen molar-refractivity contribution in [3.63, 3.8) is 0 Å². The van der Waals surface area contributed by atoms with Gasteiger partial charge in [-0.3, -0.25) is 0 Å². The number of terminal acetylenes is 1. The maximum absolute atomic E-state index is 6.94. The Morgan fingerprint density at radius 3 is 2.44 bits per heavy atom. The van der Waals surface area contributed by atoms with Crippen LogP contribution in [-0.4, -0.2) is 5.33 Å². The molecule has 0 aromatic rings. The van der Waals surface area contributed by atoms with Crippen molar-refractivity contribution in [3.05, 3.63) is 34.8 Å². The Kier molecular flexibility index (Phi) is 5.36. The molecule has 0 aromatic carbocycles. The van der Waals surface area contributed by atoms with Gasteiger partial charge < -0.3 is 0 Å². The monoisotopic (exact) mass is 277 g/mol. The summed E-state index contributed by atoms with van der Waals surface area (Å²) in [5, 5.41) is 0.660. The molecule has 0 radical (unpaired) electrons. The van der Waals surface area contributed by atoms with E-state index in [0.29, 0.717) is 5.33 Å². The van der Waals surface area contributed by atoms with Crippen molar-refractivity contribution in [2.24, 2.45) is 11.8 Å². The second-order valence-corrected chi connectivity index (χ2v) is 4.75. The van der Waals surface area contributed by atoms with Crippen LogP contribution >= 0.6 is 15.9 Å². The normalized spacial score (nSPS) is 25.1. The Labute approximate surface area is 107 Å². The van der Waals surface area contributed by atoms with Gasteiger partial charge in [0.05, 0.1) is 11.9 Å². The molecule has 2 aliphatic rings. The van der Waals surface area contributed by atoms with Crippen LogP contribution in [0.5, 0.6) is 0 Å². The minimum atomic E-state index is 0.660. The highest BCUT2D eigenvalue weighted by atomic mass is 79.9. The first-order chi connectivity index (χ1) is 7.71. The van der Waals surface area contributed by atoms with E-state index in [9.17, 15) is 0 Å². The van der Waals surface area contributed by atoms with Crippen LogP contribution in [0.4, 0.5) is 0 Å². The Balaban J connectivity index is 0.000000280. The fourth-order valence-electron chi connectivity index (χ4n) is 2.25. The third-order valence-corrected chi connectivity index (χ3v) is 3.36. The zero-order valence-corrected chi connectivity index (χ0v) is 11.1. The first-order valence-corrected chi connectivity index (χ1v) is 6.57. The van der Waals surface area contributed by atoms with E-state index in [2.05, 4.69) is 38.8 Å². The highest BCUT2D eigenvalue weighted by Gasteiger charge is 2.27. The molecule has 0 amide bonds. The number of alkyl halides is 1. The third kappa shape index (κ3) is 3.54. The molecule has 0 heterocycles.